The van der Waals surface area contributed by atoms with Crippen molar-refractivity contribution in [1.82, 2.24) is 10.6 Å². The number of thiophene rings is 2. The number of esters is 1. The number of nitrogens with one attached hydrogen (secondary N) is 3. The predicted octanol–water partition coefficient (Wildman–Crippen LogP) is 4.57. The monoisotopic (exact) mass is 527 g/mol. The van der Waals surface area contributed by atoms with E-state index in [1.165, 1.54) is 21.8 Å². The van der Waals surface area contributed by atoms with Gasteiger partial charge in [-0.2, -0.15) is 0 Å². The van der Waals surface area contributed by atoms with E-state index in [2.05, 4.69) is 31.9 Å². The summed E-state index contributed by atoms with van der Waals surface area (Å²) >= 11 is 6.73. The molecule has 2 aliphatic rings. The summed E-state index contributed by atoms with van der Waals surface area (Å²) in [5.74, 6) is -0.413. The standard InChI is InChI=1S/C21H26BrN3O4S2/c1-21(2,3)29-19(26)16-12-5-7-28-10-15(12)31-18(16)25-20(27)24-8-13-11-4-6-23-9-14(11)30-17(13)22/h23H,4-10H2,1-3H3,(H2,24,25,27). The fraction of sp³-hybridized carbons (Fsp3) is 0.524. The van der Waals surface area contributed by atoms with E-state index >= 15 is 0 Å². The van der Waals surface area contributed by atoms with Gasteiger partial charge in [-0.05, 0) is 72.8 Å². The molecule has 7 nitrogen and oxygen atoms in total. The molecule has 2 aromatic rings. The van der Waals surface area contributed by atoms with Crippen molar-refractivity contribution in [3.8, 4) is 0 Å². The van der Waals surface area contributed by atoms with Crippen LogP contribution in [-0.4, -0.2) is 30.8 Å². The van der Waals surface area contributed by atoms with Gasteiger partial charge in [0.2, 0.25) is 0 Å². The molecule has 0 unspecified atom stereocenters. The van der Waals surface area contributed by atoms with Crippen molar-refractivity contribution in [2.75, 3.05) is 18.5 Å². The van der Waals surface area contributed by atoms with Crippen LogP contribution in [0.4, 0.5) is 9.80 Å². The molecule has 2 aliphatic heterocycles. The highest BCUT2D eigenvalue weighted by molar-refractivity contribution is 9.11. The Morgan fingerprint density at radius 2 is 2.00 bits per heavy atom. The summed E-state index contributed by atoms with van der Waals surface area (Å²) in [6, 6.07) is -0.342. The van der Waals surface area contributed by atoms with Crippen LogP contribution in [0.5, 0.6) is 0 Å². The molecule has 0 saturated heterocycles. The molecule has 2 amide bonds. The predicted molar refractivity (Wildman–Crippen MR) is 126 cm³/mol. The minimum absolute atomic E-state index is 0.342. The van der Waals surface area contributed by atoms with E-state index in [1.807, 2.05) is 20.8 Å². The van der Waals surface area contributed by atoms with E-state index in [-0.39, 0.29) is 6.03 Å². The highest BCUT2D eigenvalue weighted by Gasteiger charge is 2.30. The lowest BCUT2D eigenvalue weighted by atomic mass is 10.0. The number of carbonyl (C=O) groups is 2. The number of hydrogen-bond donors (Lipinski definition) is 3. The lowest BCUT2D eigenvalue weighted by Gasteiger charge is -2.21. The third kappa shape index (κ3) is 5.14. The highest BCUT2D eigenvalue weighted by atomic mass is 79.9. The van der Waals surface area contributed by atoms with Crippen molar-refractivity contribution in [3.05, 3.63) is 35.8 Å². The summed E-state index contributed by atoms with van der Waals surface area (Å²) < 4.78 is 12.2. The molecule has 4 heterocycles. The maximum atomic E-state index is 12.9. The molecule has 4 rings (SSSR count). The molecule has 0 atom stereocenters. The van der Waals surface area contributed by atoms with Crippen LogP contribution in [0.1, 0.15) is 57.6 Å². The van der Waals surface area contributed by atoms with Crippen LogP contribution >= 0.6 is 38.6 Å². The molecule has 3 N–H and O–H groups in total. The fourth-order valence-electron chi connectivity index (χ4n) is 3.72. The van der Waals surface area contributed by atoms with Crippen molar-refractivity contribution in [2.24, 2.45) is 0 Å². The normalized spacial score (nSPS) is 15.7. The van der Waals surface area contributed by atoms with Gasteiger partial charge < -0.3 is 20.1 Å². The highest BCUT2D eigenvalue weighted by Crippen LogP contribution is 2.38. The second kappa shape index (κ2) is 9.19. The van der Waals surface area contributed by atoms with Gasteiger partial charge >= 0.3 is 12.0 Å². The van der Waals surface area contributed by atoms with Gasteiger partial charge in [-0.25, -0.2) is 9.59 Å². The van der Waals surface area contributed by atoms with E-state index in [9.17, 15) is 9.59 Å². The van der Waals surface area contributed by atoms with Gasteiger partial charge in [-0.15, -0.1) is 22.7 Å². The zero-order valence-electron chi connectivity index (χ0n) is 17.8. The first-order chi connectivity index (χ1) is 14.7. The van der Waals surface area contributed by atoms with E-state index in [0.717, 1.165) is 39.3 Å². The Balaban J connectivity index is 1.50. The first kappa shape index (κ1) is 22.7. The molecular weight excluding hydrogens is 502 g/mol. The summed E-state index contributed by atoms with van der Waals surface area (Å²) in [5, 5.41) is 9.72. The molecule has 0 saturated carbocycles. The Kier molecular flexibility index (Phi) is 6.73. The molecule has 0 aliphatic carbocycles. The molecule has 10 heteroatoms. The maximum Gasteiger partial charge on any atom is 0.341 e. The van der Waals surface area contributed by atoms with Crippen LogP contribution in [-0.2, 0) is 42.0 Å². The SMILES string of the molecule is CC(C)(C)OC(=O)c1c(NC(=O)NCc2c(Br)sc3c2CCNC3)sc2c1CCOC2. The number of rotatable bonds is 4. The molecule has 2 aromatic heterocycles. The molecule has 31 heavy (non-hydrogen) atoms. The quantitative estimate of drug-likeness (QED) is 0.507. The molecular formula is C21H26BrN3O4S2. The second-order valence-electron chi connectivity index (χ2n) is 8.50. The number of fused-ring (bicyclic) bond motifs is 2. The largest absolute Gasteiger partial charge is 0.456 e. The Morgan fingerprint density at radius 3 is 2.77 bits per heavy atom. The summed E-state index contributed by atoms with van der Waals surface area (Å²) in [4.78, 5) is 27.9. The average molecular weight is 528 g/mol. The summed E-state index contributed by atoms with van der Waals surface area (Å²) in [7, 11) is 0. The molecule has 0 aromatic carbocycles. The Hall–Kier alpha value is -1.46. The molecule has 0 fully saturated rings. The Bertz CT molecular complexity index is 1010. The molecule has 0 radical (unpaired) electrons. The summed E-state index contributed by atoms with van der Waals surface area (Å²) in [6.45, 7) is 8.74. The number of hydrogen-bond acceptors (Lipinski definition) is 7. The van der Waals surface area contributed by atoms with Gasteiger partial charge in [0, 0.05) is 22.8 Å². The molecule has 0 spiro atoms. The minimum Gasteiger partial charge on any atom is -0.456 e. The van der Waals surface area contributed by atoms with Crippen LogP contribution in [0, 0.1) is 0 Å². The van der Waals surface area contributed by atoms with E-state index in [4.69, 9.17) is 9.47 Å². The number of ether oxygens (including phenoxy) is 2. The zero-order chi connectivity index (χ0) is 22.2. The number of urea groups is 1. The minimum atomic E-state index is -0.615. The van der Waals surface area contributed by atoms with E-state index in [0.29, 0.717) is 36.7 Å². The third-order valence-electron chi connectivity index (χ3n) is 5.06. The number of carbonyl (C=O) groups excluding carboxylic acids is 2. The smallest absolute Gasteiger partial charge is 0.341 e. The first-order valence-corrected chi connectivity index (χ1v) is 12.7. The van der Waals surface area contributed by atoms with Crippen LogP contribution < -0.4 is 16.0 Å². The fourth-order valence-corrected chi connectivity index (χ4v) is 6.92. The molecule has 168 valence electrons. The van der Waals surface area contributed by atoms with Crippen molar-refractivity contribution >= 4 is 55.6 Å². The van der Waals surface area contributed by atoms with Crippen molar-refractivity contribution in [3.63, 3.8) is 0 Å². The van der Waals surface area contributed by atoms with Gasteiger partial charge in [0.05, 0.1) is 22.6 Å². The third-order valence-corrected chi connectivity index (χ3v) is 8.21. The van der Waals surface area contributed by atoms with Crippen molar-refractivity contribution in [2.45, 2.75) is 58.9 Å². The lowest BCUT2D eigenvalue weighted by Crippen LogP contribution is -2.30. The zero-order valence-corrected chi connectivity index (χ0v) is 21.0. The first-order valence-electron chi connectivity index (χ1n) is 10.2. The van der Waals surface area contributed by atoms with E-state index < -0.39 is 11.6 Å². The summed E-state index contributed by atoms with van der Waals surface area (Å²) in [6.07, 6.45) is 1.59. The van der Waals surface area contributed by atoms with Gasteiger partial charge in [-0.3, -0.25) is 5.32 Å². The van der Waals surface area contributed by atoms with Gasteiger partial charge in [0.1, 0.15) is 10.6 Å². The Morgan fingerprint density at radius 1 is 1.19 bits per heavy atom. The van der Waals surface area contributed by atoms with Gasteiger partial charge in [0.15, 0.2) is 0 Å². The lowest BCUT2D eigenvalue weighted by molar-refractivity contribution is 0.00685. The van der Waals surface area contributed by atoms with E-state index in [1.54, 1.807) is 11.3 Å². The Labute approximate surface area is 198 Å². The van der Waals surface area contributed by atoms with Crippen LogP contribution in [0.3, 0.4) is 0 Å². The summed E-state index contributed by atoms with van der Waals surface area (Å²) in [5.41, 5.74) is 3.20. The number of halogens is 1. The molecule has 0 bridgehead atoms. The number of amides is 2. The van der Waals surface area contributed by atoms with Crippen LogP contribution in [0.15, 0.2) is 3.79 Å². The number of anilines is 1. The topological polar surface area (TPSA) is 88.7 Å². The van der Waals surface area contributed by atoms with Crippen LogP contribution in [0.25, 0.3) is 0 Å². The van der Waals surface area contributed by atoms with Crippen molar-refractivity contribution < 1.29 is 19.1 Å². The van der Waals surface area contributed by atoms with Gasteiger partial charge in [0.25, 0.3) is 0 Å². The van der Waals surface area contributed by atoms with Gasteiger partial charge in [-0.1, -0.05) is 0 Å². The van der Waals surface area contributed by atoms with Crippen molar-refractivity contribution in [1.29, 1.82) is 0 Å². The second-order valence-corrected chi connectivity index (χ2v) is 12.0. The van der Waals surface area contributed by atoms with Crippen LogP contribution in [0.2, 0.25) is 0 Å². The average Bonchev–Trinajstić information content (AvgIpc) is 3.21. The maximum absolute atomic E-state index is 12.9.